The summed E-state index contributed by atoms with van der Waals surface area (Å²) in [7, 11) is 1.82. The van der Waals surface area contributed by atoms with Crippen LogP contribution in [0.25, 0.3) is 11.5 Å². The molecule has 8 heteroatoms. The number of piperazine rings is 1. The van der Waals surface area contributed by atoms with Gasteiger partial charge in [0.15, 0.2) is 5.96 Å². The number of guanidine groups is 1. The van der Waals surface area contributed by atoms with Crippen molar-refractivity contribution in [2.75, 3.05) is 39.8 Å². The fraction of sp³-hybridized carbons (Fsp3) is 0.333. The smallest absolute Gasteiger partial charge is 0.226 e. The number of hydrogen-bond donors (Lipinski definition) is 1. The molecule has 1 N–H and O–H groups in total. The van der Waals surface area contributed by atoms with E-state index in [2.05, 4.69) is 55.4 Å². The number of benzene rings is 2. The van der Waals surface area contributed by atoms with E-state index in [4.69, 9.17) is 4.42 Å². The van der Waals surface area contributed by atoms with E-state index >= 15 is 0 Å². The van der Waals surface area contributed by atoms with Crippen LogP contribution in [0.2, 0.25) is 0 Å². The SMILES string of the molecule is CN=C(NCCc1coc(-c2ccc(F)cc2)n1)N1CCN(Cc2ccccc2)CC1.I. The Balaban J connectivity index is 0.00000289. The second-order valence-electron chi connectivity index (χ2n) is 7.62. The largest absolute Gasteiger partial charge is 0.444 e. The van der Waals surface area contributed by atoms with Gasteiger partial charge in [-0.15, -0.1) is 24.0 Å². The summed E-state index contributed by atoms with van der Waals surface area (Å²) in [6.45, 7) is 5.63. The molecule has 32 heavy (non-hydrogen) atoms. The van der Waals surface area contributed by atoms with Crippen molar-refractivity contribution in [3.05, 3.63) is 77.9 Å². The molecule has 1 aromatic heterocycles. The van der Waals surface area contributed by atoms with Crippen molar-refractivity contribution in [3.8, 4) is 11.5 Å². The quantitative estimate of drug-likeness (QED) is 0.286. The van der Waals surface area contributed by atoms with Gasteiger partial charge in [0.05, 0.1) is 5.69 Å². The van der Waals surface area contributed by atoms with Crippen LogP contribution in [0.3, 0.4) is 0 Å². The number of aliphatic imine (C=N–C) groups is 1. The van der Waals surface area contributed by atoms with Crippen molar-refractivity contribution in [2.45, 2.75) is 13.0 Å². The van der Waals surface area contributed by atoms with Gasteiger partial charge in [-0.25, -0.2) is 9.37 Å². The van der Waals surface area contributed by atoms with Gasteiger partial charge in [0.25, 0.3) is 0 Å². The van der Waals surface area contributed by atoms with Crippen molar-refractivity contribution in [1.29, 1.82) is 0 Å². The molecule has 0 spiro atoms. The minimum Gasteiger partial charge on any atom is -0.444 e. The van der Waals surface area contributed by atoms with Gasteiger partial charge in [0, 0.05) is 58.3 Å². The first kappa shape index (κ1) is 24.2. The zero-order valence-electron chi connectivity index (χ0n) is 18.2. The molecule has 3 aromatic rings. The Labute approximate surface area is 205 Å². The van der Waals surface area contributed by atoms with Crippen molar-refractivity contribution in [1.82, 2.24) is 20.1 Å². The molecule has 1 aliphatic heterocycles. The van der Waals surface area contributed by atoms with E-state index in [1.807, 2.05) is 7.05 Å². The predicted molar refractivity (Wildman–Crippen MR) is 136 cm³/mol. The van der Waals surface area contributed by atoms with Crippen LogP contribution in [0, 0.1) is 5.82 Å². The summed E-state index contributed by atoms with van der Waals surface area (Å²) in [5, 5.41) is 3.43. The molecule has 4 rings (SSSR count). The Hall–Kier alpha value is -2.46. The van der Waals surface area contributed by atoms with Crippen LogP contribution in [0.1, 0.15) is 11.3 Å². The maximum absolute atomic E-state index is 13.1. The van der Waals surface area contributed by atoms with Crippen molar-refractivity contribution in [3.63, 3.8) is 0 Å². The van der Waals surface area contributed by atoms with Crippen LogP contribution >= 0.6 is 24.0 Å². The molecule has 0 radical (unpaired) electrons. The van der Waals surface area contributed by atoms with Crippen LogP contribution < -0.4 is 5.32 Å². The van der Waals surface area contributed by atoms with E-state index in [9.17, 15) is 4.39 Å². The number of nitrogens with one attached hydrogen (secondary N) is 1. The fourth-order valence-electron chi connectivity index (χ4n) is 3.74. The highest BCUT2D eigenvalue weighted by atomic mass is 127. The highest BCUT2D eigenvalue weighted by molar-refractivity contribution is 14.0. The van der Waals surface area contributed by atoms with Crippen LogP contribution in [0.4, 0.5) is 4.39 Å². The molecule has 1 fully saturated rings. The normalized spacial score (nSPS) is 14.8. The summed E-state index contributed by atoms with van der Waals surface area (Å²) in [4.78, 5) is 13.7. The van der Waals surface area contributed by atoms with Gasteiger partial charge in [-0.3, -0.25) is 9.89 Å². The van der Waals surface area contributed by atoms with Crippen molar-refractivity contribution < 1.29 is 8.81 Å². The Kier molecular flexibility index (Phi) is 9.04. The average Bonchev–Trinajstić information content (AvgIpc) is 3.28. The lowest BCUT2D eigenvalue weighted by molar-refractivity contribution is 0.172. The zero-order valence-corrected chi connectivity index (χ0v) is 20.5. The molecule has 0 aliphatic carbocycles. The van der Waals surface area contributed by atoms with Gasteiger partial charge in [-0.1, -0.05) is 30.3 Å². The third kappa shape index (κ3) is 6.52. The molecular weight excluding hydrogens is 520 g/mol. The molecule has 0 saturated carbocycles. The molecule has 1 aliphatic rings. The monoisotopic (exact) mass is 549 g/mol. The van der Waals surface area contributed by atoms with E-state index in [1.54, 1.807) is 18.4 Å². The maximum atomic E-state index is 13.1. The van der Waals surface area contributed by atoms with Gasteiger partial charge in [-0.05, 0) is 29.8 Å². The third-order valence-electron chi connectivity index (χ3n) is 5.44. The lowest BCUT2D eigenvalue weighted by Crippen LogP contribution is -2.52. The van der Waals surface area contributed by atoms with Crippen molar-refractivity contribution >= 4 is 29.9 Å². The van der Waals surface area contributed by atoms with Crippen molar-refractivity contribution in [2.24, 2.45) is 4.99 Å². The molecular formula is C24H29FIN5O. The topological polar surface area (TPSA) is 56.9 Å². The third-order valence-corrected chi connectivity index (χ3v) is 5.44. The van der Waals surface area contributed by atoms with Crippen LogP contribution in [-0.2, 0) is 13.0 Å². The van der Waals surface area contributed by atoms with Crippen LogP contribution in [0.15, 0.2) is 70.3 Å². The van der Waals surface area contributed by atoms with E-state index in [-0.39, 0.29) is 29.8 Å². The first-order valence-corrected chi connectivity index (χ1v) is 10.6. The molecule has 0 bridgehead atoms. The van der Waals surface area contributed by atoms with Gasteiger partial charge < -0.3 is 14.6 Å². The predicted octanol–water partition coefficient (Wildman–Crippen LogP) is 4.03. The minimum absolute atomic E-state index is 0. The summed E-state index contributed by atoms with van der Waals surface area (Å²) >= 11 is 0. The van der Waals surface area contributed by atoms with Crippen LogP contribution in [0.5, 0.6) is 0 Å². The molecule has 2 heterocycles. The van der Waals surface area contributed by atoms with Gasteiger partial charge in [-0.2, -0.15) is 0 Å². The number of aromatic nitrogens is 1. The second-order valence-corrected chi connectivity index (χ2v) is 7.62. The first-order valence-electron chi connectivity index (χ1n) is 10.6. The van der Waals surface area contributed by atoms with Gasteiger partial charge in [0.1, 0.15) is 12.1 Å². The minimum atomic E-state index is -0.271. The number of halogens is 2. The first-order chi connectivity index (χ1) is 15.2. The van der Waals surface area contributed by atoms with E-state index in [1.165, 1.54) is 17.7 Å². The number of nitrogens with zero attached hydrogens (tertiary/aromatic N) is 4. The van der Waals surface area contributed by atoms with E-state index < -0.39 is 0 Å². The molecule has 2 aromatic carbocycles. The zero-order chi connectivity index (χ0) is 21.5. The number of rotatable bonds is 6. The second kappa shape index (κ2) is 12.0. The molecule has 1 saturated heterocycles. The van der Waals surface area contributed by atoms with Crippen LogP contribution in [-0.4, -0.2) is 60.5 Å². The molecule has 6 nitrogen and oxygen atoms in total. The standard InChI is InChI=1S/C24H28FN5O.HI/c1-26-24(30-15-13-29(14-16-30)17-19-5-3-2-4-6-19)27-12-11-22-18-31-23(28-22)20-7-9-21(25)10-8-20;/h2-10,18H,11-17H2,1H3,(H,26,27);1H. The summed E-state index contributed by atoms with van der Waals surface area (Å²) in [5.74, 6) is 1.16. The average molecular weight is 549 g/mol. The number of hydrogen-bond acceptors (Lipinski definition) is 4. The molecule has 0 amide bonds. The molecule has 170 valence electrons. The number of oxazole rings is 1. The van der Waals surface area contributed by atoms with Gasteiger partial charge >= 0.3 is 0 Å². The summed E-state index contributed by atoms with van der Waals surface area (Å²) in [5.41, 5.74) is 2.98. The maximum Gasteiger partial charge on any atom is 0.226 e. The Morgan fingerprint density at radius 2 is 1.78 bits per heavy atom. The summed E-state index contributed by atoms with van der Waals surface area (Å²) in [6, 6.07) is 16.7. The highest BCUT2D eigenvalue weighted by Crippen LogP contribution is 2.19. The van der Waals surface area contributed by atoms with E-state index in [0.29, 0.717) is 12.4 Å². The summed E-state index contributed by atoms with van der Waals surface area (Å²) < 4.78 is 18.6. The Bertz CT molecular complexity index is 985. The fourth-order valence-corrected chi connectivity index (χ4v) is 3.74. The molecule has 0 unspecified atom stereocenters. The summed E-state index contributed by atoms with van der Waals surface area (Å²) in [6.07, 6.45) is 2.38. The van der Waals surface area contributed by atoms with E-state index in [0.717, 1.165) is 56.4 Å². The molecule has 0 atom stereocenters. The highest BCUT2D eigenvalue weighted by Gasteiger charge is 2.19. The lowest BCUT2D eigenvalue weighted by atomic mass is 10.2. The lowest BCUT2D eigenvalue weighted by Gasteiger charge is -2.36. The van der Waals surface area contributed by atoms with Gasteiger partial charge in [0.2, 0.25) is 5.89 Å². The Morgan fingerprint density at radius 3 is 2.47 bits per heavy atom. The Morgan fingerprint density at radius 1 is 1.06 bits per heavy atom.